The third-order valence-corrected chi connectivity index (χ3v) is 6.04. The molecule has 1 aromatic heterocycles. The number of carbonyl (C=O) groups excluding carboxylic acids is 1. The fourth-order valence-electron chi connectivity index (χ4n) is 3.16. The van der Waals surface area contributed by atoms with Crippen molar-refractivity contribution >= 4 is 40.0 Å². The van der Waals surface area contributed by atoms with Gasteiger partial charge in [0.1, 0.15) is 0 Å². The Morgan fingerprint density at radius 2 is 1.73 bits per heavy atom. The van der Waals surface area contributed by atoms with Crippen LogP contribution in [-0.2, 0) is 17.8 Å². The molecule has 0 radical (unpaired) electrons. The fraction of sp³-hybridized carbons (Fsp3) is 0.136. The summed E-state index contributed by atoms with van der Waals surface area (Å²) in [6, 6.07) is 21.8. The minimum atomic E-state index is -0.126. The maximum atomic E-state index is 12.2. The number of nitrogens with one attached hydrogen (secondary N) is 1. The molecule has 0 spiro atoms. The number of hydrogen-bond donors (Lipinski definition) is 2. The average molecular weight is 438 g/mol. The van der Waals surface area contributed by atoms with Gasteiger partial charge in [-0.15, -0.1) is 10.2 Å². The fourth-order valence-corrected chi connectivity index (χ4v) is 4.07. The maximum Gasteiger partial charge on any atom is 0.230 e. The lowest BCUT2D eigenvalue weighted by Gasteiger charge is -2.08. The number of nitrogen functional groups attached to an aromatic ring is 1. The van der Waals surface area contributed by atoms with Crippen LogP contribution in [-0.4, -0.2) is 26.5 Å². The van der Waals surface area contributed by atoms with E-state index in [-0.39, 0.29) is 11.7 Å². The van der Waals surface area contributed by atoms with Crippen LogP contribution in [0.2, 0.25) is 5.02 Å². The zero-order valence-corrected chi connectivity index (χ0v) is 17.7. The van der Waals surface area contributed by atoms with Crippen LogP contribution in [0.15, 0.2) is 71.9 Å². The quantitative estimate of drug-likeness (QED) is 0.339. The number of hydrogen-bond acceptors (Lipinski definition) is 5. The van der Waals surface area contributed by atoms with E-state index in [1.54, 1.807) is 6.07 Å². The Labute approximate surface area is 183 Å². The standard InChI is InChI=1S/C22H20ClN5OS/c23-19-11-4-2-7-17(19)13-25-21(29)14-30-22-27-26-20(28(22)24)12-16-9-5-8-15-6-1-3-10-18(15)16/h1-11H,12-14,24H2,(H,25,29). The van der Waals surface area contributed by atoms with Crippen molar-refractivity contribution in [3.05, 3.63) is 88.7 Å². The lowest BCUT2D eigenvalue weighted by Crippen LogP contribution is -2.25. The van der Waals surface area contributed by atoms with Crippen LogP contribution in [0.4, 0.5) is 0 Å². The predicted octanol–water partition coefficient (Wildman–Crippen LogP) is 3.80. The Morgan fingerprint density at radius 3 is 2.60 bits per heavy atom. The molecule has 1 amide bonds. The first-order chi connectivity index (χ1) is 14.6. The van der Waals surface area contributed by atoms with Gasteiger partial charge in [0.25, 0.3) is 0 Å². The zero-order chi connectivity index (χ0) is 20.9. The minimum Gasteiger partial charge on any atom is -0.351 e. The van der Waals surface area contributed by atoms with E-state index in [0.29, 0.717) is 29.0 Å². The summed E-state index contributed by atoms with van der Waals surface area (Å²) in [4.78, 5) is 12.2. The van der Waals surface area contributed by atoms with Gasteiger partial charge in [0, 0.05) is 18.0 Å². The number of nitrogens with zero attached hydrogens (tertiary/aromatic N) is 3. The number of thioether (sulfide) groups is 1. The normalized spacial score (nSPS) is 11.0. The van der Waals surface area contributed by atoms with Gasteiger partial charge in [0.05, 0.1) is 5.75 Å². The van der Waals surface area contributed by atoms with E-state index >= 15 is 0 Å². The largest absolute Gasteiger partial charge is 0.351 e. The molecule has 0 bridgehead atoms. The van der Waals surface area contributed by atoms with E-state index in [2.05, 4.69) is 39.8 Å². The van der Waals surface area contributed by atoms with Gasteiger partial charge in [-0.3, -0.25) is 4.79 Å². The first kappa shape index (κ1) is 20.3. The van der Waals surface area contributed by atoms with E-state index in [0.717, 1.165) is 16.5 Å². The average Bonchev–Trinajstić information content (AvgIpc) is 3.11. The Balaban J connectivity index is 1.37. The van der Waals surface area contributed by atoms with Gasteiger partial charge in [0.15, 0.2) is 5.82 Å². The van der Waals surface area contributed by atoms with Gasteiger partial charge in [-0.25, -0.2) is 4.68 Å². The van der Waals surface area contributed by atoms with Crippen molar-refractivity contribution in [3.8, 4) is 0 Å². The van der Waals surface area contributed by atoms with Gasteiger partial charge in [-0.2, -0.15) is 0 Å². The van der Waals surface area contributed by atoms with Crippen molar-refractivity contribution in [2.45, 2.75) is 18.1 Å². The monoisotopic (exact) mass is 437 g/mol. The molecule has 30 heavy (non-hydrogen) atoms. The third-order valence-electron chi connectivity index (χ3n) is 4.73. The molecule has 0 saturated carbocycles. The summed E-state index contributed by atoms with van der Waals surface area (Å²) in [6.07, 6.45) is 0.560. The van der Waals surface area contributed by atoms with E-state index < -0.39 is 0 Å². The van der Waals surface area contributed by atoms with Crippen LogP contribution in [0.1, 0.15) is 17.0 Å². The molecule has 4 aromatic rings. The number of aromatic nitrogens is 3. The van der Waals surface area contributed by atoms with Crippen molar-refractivity contribution in [1.29, 1.82) is 0 Å². The van der Waals surface area contributed by atoms with Gasteiger partial charge < -0.3 is 11.2 Å². The first-order valence-corrected chi connectivity index (χ1v) is 10.8. The second kappa shape index (κ2) is 9.19. The zero-order valence-electron chi connectivity index (χ0n) is 16.1. The highest BCUT2D eigenvalue weighted by atomic mass is 35.5. The lowest BCUT2D eigenvalue weighted by molar-refractivity contribution is -0.118. The van der Waals surface area contributed by atoms with Crippen LogP contribution in [0, 0.1) is 0 Å². The number of rotatable bonds is 7. The van der Waals surface area contributed by atoms with Crippen molar-refractivity contribution < 1.29 is 4.79 Å². The highest BCUT2D eigenvalue weighted by molar-refractivity contribution is 7.99. The van der Waals surface area contributed by atoms with E-state index in [1.807, 2.05) is 36.4 Å². The second-order valence-electron chi connectivity index (χ2n) is 6.74. The van der Waals surface area contributed by atoms with Crippen molar-refractivity contribution in [1.82, 2.24) is 20.2 Å². The van der Waals surface area contributed by atoms with E-state index in [1.165, 1.54) is 21.8 Å². The van der Waals surface area contributed by atoms with Gasteiger partial charge in [-0.1, -0.05) is 84.0 Å². The molecule has 6 nitrogen and oxygen atoms in total. The Morgan fingerprint density at radius 1 is 1.00 bits per heavy atom. The molecule has 0 aliphatic heterocycles. The summed E-state index contributed by atoms with van der Waals surface area (Å²) in [5.41, 5.74) is 2.00. The Hall–Kier alpha value is -3.03. The molecular weight excluding hydrogens is 418 g/mol. The molecule has 0 fully saturated rings. The molecule has 0 atom stereocenters. The summed E-state index contributed by atoms with van der Waals surface area (Å²) in [5.74, 6) is 6.89. The van der Waals surface area contributed by atoms with Gasteiger partial charge >= 0.3 is 0 Å². The lowest BCUT2D eigenvalue weighted by atomic mass is 10.0. The molecule has 152 valence electrons. The van der Waals surface area contributed by atoms with E-state index in [9.17, 15) is 4.79 Å². The molecule has 0 saturated heterocycles. The molecule has 8 heteroatoms. The summed E-state index contributed by atoms with van der Waals surface area (Å²) < 4.78 is 1.45. The molecule has 4 rings (SSSR count). The van der Waals surface area contributed by atoms with Crippen LogP contribution < -0.4 is 11.2 Å². The topological polar surface area (TPSA) is 85.8 Å². The van der Waals surface area contributed by atoms with Crippen LogP contribution >= 0.6 is 23.4 Å². The number of carbonyl (C=O) groups is 1. The molecule has 1 heterocycles. The molecule has 0 aliphatic rings. The Bertz CT molecular complexity index is 1190. The summed E-state index contributed by atoms with van der Waals surface area (Å²) in [7, 11) is 0. The number of amides is 1. The number of benzene rings is 3. The van der Waals surface area contributed by atoms with Crippen LogP contribution in [0.25, 0.3) is 10.8 Å². The second-order valence-corrected chi connectivity index (χ2v) is 8.09. The molecule has 0 aliphatic carbocycles. The van der Waals surface area contributed by atoms with Gasteiger partial charge in [-0.05, 0) is 28.0 Å². The minimum absolute atomic E-state index is 0.126. The van der Waals surface area contributed by atoms with Gasteiger partial charge in [0.2, 0.25) is 11.1 Å². The number of fused-ring (bicyclic) bond motifs is 1. The molecule has 0 unspecified atom stereocenters. The molecule has 3 aromatic carbocycles. The molecular formula is C22H20ClN5OS. The van der Waals surface area contributed by atoms with Crippen LogP contribution in [0.5, 0.6) is 0 Å². The summed E-state index contributed by atoms with van der Waals surface area (Å²) in [5, 5.41) is 14.7. The summed E-state index contributed by atoms with van der Waals surface area (Å²) >= 11 is 7.36. The summed E-state index contributed by atoms with van der Waals surface area (Å²) in [6.45, 7) is 0.376. The smallest absolute Gasteiger partial charge is 0.230 e. The number of nitrogens with two attached hydrogens (primary N) is 1. The van der Waals surface area contributed by atoms with Crippen LogP contribution in [0.3, 0.4) is 0 Å². The van der Waals surface area contributed by atoms with Crippen molar-refractivity contribution in [2.24, 2.45) is 0 Å². The SMILES string of the molecule is Nn1c(Cc2cccc3ccccc23)nnc1SCC(=O)NCc1ccccc1Cl. The highest BCUT2D eigenvalue weighted by Gasteiger charge is 2.14. The van der Waals surface area contributed by atoms with Crippen molar-refractivity contribution in [3.63, 3.8) is 0 Å². The highest BCUT2D eigenvalue weighted by Crippen LogP contribution is 2.22. The third kappa shape index (κ3) is 4.58. The Kier molecular flexibility index (Phi) is 6.21. The predicted molar refractivity (Wildman–Crippen MR) is 121 cm³/mol. The number of halogens is 1. The van der Waals surface area contributed by atoms with E-state index in [4.69, 9.17) is 17.4 Å². The molecule has 3 N–H and O–H groups in total. The van der Waals surface area contributed by atoms with Crippen molar-refractivity contribution in [2.75, 3.05) is 11.6 Å². The first-order valence-electron chi connectivity index (χ1n) is 9.41. The maximum absolute atomic E-state index is 12.2.